The van der Waals surface area contributed by atoms with E-state index in [9.17, 15) is 14.7 Å². The van der Waals surface area contributed by atoms with Crippen molar-refractivity contribution in [3.8, 4) is 5.75 Å². The van der Waals surface area contributed by atoms with Crippen LogP contribution in [0.3, 0.4) is 0 Å². The van der Waals surface area contributed by atoms with E-state index in [1.165, 1.54) is 7.11 Å². The van der Waals surface area contributed by atoms with Gasteiger partial charge in [0.15, 0.2) is 0 Å². The molecule has 3 aromatic rings. The van der Waals surface area contributed by atoms with E-state index in [0.29, 0.717) is 17.0 Å². The molecule has 138 valence electrons. The van der Waals surface area contributed by atoms with E-state index in [1.807, 2.05) is 6.07 Å². The van der Waals surface area contributed by atoms with Crippen LogP contribution in [0.25, 0.3) is 10.9 Å². The highest BCUT2D eigenvalue weighted by Gasteiger charge is 2.21. The summed E-state index contributed by atoms with van der Waals surface area (Å²) < 4.78 is 5.08. The number of nitrogens with one attached hydrogen (secondary N) is 2. The first kappa shape index (κ1) is 18.3. The van der Waals surface area contributed by atoms with Crippen molar-refractivity contribution in [3.05, 3.63) is 66.4 Å². The highest BCUT2D eigenvalue weighted by atomic mass is 16.5. The lowest BCUT2D eigenvalue weighted by molar-refractivity contribution is -0.118. The number of pyridine rings is 1. The molecule has 7 nitrogen and oxygen atoms in total. The molecule has 27 heavy (non-hydrogen) atoms. The summed E-state index contributed by atoms with van der Waals surface area (Å²) in [7, 11) is 1.50. The van der Waals surface area contributed by atoms with Crippen molar-refractivity contribution in [2.45, 2.75) is 6.04 Å². The number of aromatic nitrogens is 1. The second-order valence-corrected chi connectivity index (χ2v) is 5.84. The van der Waals surface area contributed by atoms with E-state index >= 15 is 0 Å². The van der Waals surface area contributed by atoms with Crippen LogP contribution in [0, 0.1) is 0 Å². The second kappa shape index (κ2) is 8.29. The first-order valence-corrected chi connectivity index (χ1v) is 8.32. The van der Waals surface area contributed by atoms with Crippen molar-refractivity contribution in [1.29, 1.82) is 0 Å². The van der Waals surface area contributed by atoms with Crippen molar-refractivity contribution in [3.63, 3.8) is 0 Å². The molecular weight excluding hydrogens is 346 g/mol. The molecule has 0 aliphatic carbocycles. The SMILES string of the molecule is COc1cccc(C(=O)NC(CO)C(=O)Nc2ccc3ncccc3c2)c1. The van der Waals surface area contributed by atoms with Crippen LogP contribution in [0.2, 0.25) is 0 Å². The van der Waals surface area contributed by atoms with Gasteiger partial charge in [0.25, 0.3) is 5.91 Å². The fraction of sp³-hybridized carbons (Fsp3) is 0.150. The van der Waals surface area contributed by atoms with Gasteiger partial charge in [-0.05, 0) is 42.5 Å². The van der Waals surface area contributed by atoms with Crippen molar-refractivity contribution in [2.24, 2.45) is 0 Å². The first-order valence-electron chi connectivity index (χ1n) is 8.32. The molecule has 0 bridgehead atoms. The Bertz CT molecular complexity index is 974. The fourth-order valence-electron chi connectivity index (χ4n) is 2.58. The number of benzene rings is 2. The van der Waals surface area contributed by atoms with Gasteiger partial charge in [-0.1, -0.05) is 12.1 Å². The summed E-state index contributed by atoms with van der Waals surface area (Å²) >= 11 is 0. The van der Waals surface area contributed by atoms with Crippen LogP contribution in [-0.4, -0.2) is 41.7 Å². The molecule has 3 rings (SSSR count). The van der Waals surface area contributed by atoms with Gasteiger partial charge in [0, 0.05) is 22.8 Å². The summed E-state index contributed by atoms with van der Waals surface area (Å²) in [6, 6.07) is 14.4. The van der Waals surface area contributed by atoms with Gasteiger partial charge in [-0.2, -0.15) is 0 Å². The summed E-state index contributed by atoms with van der Waals surface area (Å²) in [6.45, 7) is -0.531. The number of amides is 2. The number of aliphatic hydroxyl groups is 1. The summed E-state index contributed by atoms with van der Waals surface area (Å²) in [5.41, 5.74) is 1.69. The van der Waals surface area contributed by atoms with Crippen LogP contribution in [0.5, 0.6) is 5.75 Å². The highest BCUT2D eigenvalue weighted by molar-refractivity contribution is 6.02. The number of nitrogens with zero attached hydrogens (tertiary/aromatic N) is 1. The zero-order chi connectivity index (χ0) is 19.2. The van der Waals surface area contributed by atoms with E-state index in [4.69, 9.17) is 4.74 Å². The van der Waals surface area contributed by atoms with Gasteiger partial charge in [0.1, 0.15) is 11.8 Å². The fourth-order valence-corrected chi connectivity index (χ4v) is 2.58. The summed E-state index contributed by atoms with van der Waals surface area (Å²) in [6.07, 6.45) is 1.69. The minimum atomic E-state index is -1.09. The van der Waals surface area contributed by atoms with Crippen LogP contribution < -0.4 is 15.4 Å². The molecule has 0 radical (unpaired) electrons. The molecule has 2 amide bonds. The number of methoxy groups -OCH3 is 1. The Balaban J connectivity index is 1.70. The Morgan fingerprint density at radius 1 is 1.15 bits per heavy atom. The molecule has 0 fully saturated rings. The molecule has 7 heteroatoms. The molecule has 1 unspecified atom stereocenters. The lowest BCUT2D eigenvalue weighted by Crippen LogP contribution is -2.46. The number of carbonyl (C=O) groups is 2. The Hall–Kier alpha value is -3.45. The molecule has 1 atom stereocenters. The Morgan fingerprint density at radius 3 is 2.78 bits per heavy atom. The number of anilines is 1. The molecule has 0 aliphatic heterocycles. The molecule has 2 aromatic carbocycles. The summed E-state index contributed by atoms with van der Waals surface area (Å²) in [5.74, 6) is -0.472. The van der Waals surface area contributed by atoms with Crippen molar-refractivity contribution >= 4 is 28.4 Å². The van der Waals surface area contributed by atoms with E-state index in [1.54, 1.807) is 54.7 Å². The third-order valence-electron chi connectivity index (χ3n) is 4.01. The Morgan fingerprint density at radius 2 is 2.00 bits per heavy atom. The number of hydrogen-bond donors (Lipinski definition) is 3. The summed E-state index contributed by atoms with van der Waals surface area (Å²) in [5, 5.41) is 15.6. The first-order chi connectivity index (χ1) is 13.1. The summed E-state index contributed by atoms with van der Waals surface area (Å²) in [4.78, 5) is 29.0. The van der Waals surface area contributed by atoms with E-state index in [-0.39, 0.29) is 0 Å². The molecule has 1 heterocycles. The third-order valence-corrected chi connectivity index (χ3v) is 4.01. The van der Waals surface area contributed by atoms with Gasteiger partial charge in [-0.3, -0.25) is 14.6 Å². The smallest absolute Gasteiger partial charge is 0.252 e. The zero-order valence-electron chi connectivity index (χ0n) is 14.7. The van der Waals surface area contributed by atoms with E-state index < -0.39 is 24.5 Å². The number of rotatable bonds is 6. The van der Waals surface area contributed by atoms with Crippen LogP contribution in [0.15, 0.2) is 60.8 Å². The second-order valence-electron chi connectivity index (χ2n) is 5.84. The predicted molar refractivity (Wildman–Crippen MR) is 102 cm³/mol. The van der Waals surface area contributed by atoms with Gasteiger partial charge >= 0.3 is 0 Å². The molecule has 0 aliphatic rings. The molecule has 1 aromatic heterocycles. The van der Waals surface area contributed by atoms with Crippen LogP contribution >= 0.6 is 0 Å². The Labute approximate surface area is 156 Å². The van der Waals surface area contributed by atoms with Gasteiger partial charge in [0.2, 0.25) is 5.91 Å². The lowest BCUT2D eigenvalue weighted by atomic mass is 10.1. The molecule has 3 N–H and O–H groups in total. The standard InChI is InChI=1S/C20H19N3O4/c1-27-16-6-2-4-14(11-16)19(25)23-18(12-24)20(26)22-15-7-8-17-13(10-15)5-3-9-21-17/h2-11,18,24H,12H2,1H3,(H,22,26)(H,23,25). The third kappa shape index (κ3) is 4.39. The number of carbonyl (C=O) groups excluding carboxylic acids is 2. The Kier molecular flexibility index (Phi) is 5.63. The quantitative estimate of drug-likeness (QED) is 0.620. The van der Waals surface area contributed by atoms with Crippen LogP contribution in [0.1, 0.15) is 10.4 Å². The average molecular weight is 365 g/mol. The molecule has 0 saturated carbocycles. The van der Waals surface area contributed by atoms with Gasteiger partial charge < -0.3 is 20.5 Å². The van der Waals surface area contributed by atoms with E-state index in [2.05, 4.69) is 15.6 Å². The zero-order valence-corrected chi connectivity index (χ0v) is 14.7. The number of aliphatic hydroxyl groups excluding tert-OH is 1. The maximum atomic E-state index is 12.4. The van der Waals surface area contributed by atoms with Crippen molar-refractivity contribution in [2.75, 3.05) is 19.0 Å². The number of fused-ring (bicyclic) bond motifs is 1. The minimum absolute atomic E-state index is 0.331. The van der Waals surface area contributed by atoms with Gasteiger partial charge in [0.05, 0.1) is 19.2 Å². The maximum Gasteiger partial charge on any atom is 0.252 e. The van der Waals surface area contributed by atoms with Crippen molar-refractivity contribution in [1.82, 2.24) is 10.3 Å². The van der Waals surface area contributed by atoms with Crippen LogP contribution in [-0.2, 0) is 4.79 Å². The van der Waals surface area contributed by atoms with E-state index in [0.717, 1.165) is 10.9 Å². The molecule has 0 spiro atoms. The minimum Gasteiger partial charge on any atom is -0.497 e. The monoisotopic (exact) mass is 365 g/mol. The molecule has 0 saturated heterocycles. The maximum absolute atomic E-state index is 12.4. The van der Waals surface area contributed by atoms with Gasteiger partial charge in [-0.15, -0.1) is 0 Å². The van der Waals surface area contributed by atoms with Crippen molar-refractivity contribution < 1.29 is 19.4 Å². The molecular formula is C20H19N3O4. The average Bonchev–Trinajstić information content (AvgIpc) is 2.71. The van der Waals surface area contributed by atoms with Crippen LogP contribution in [0.4, 0.5) is 5.69 Å². The van der Waals surface area contributed by atoms with Gasteiger partial charge in [-0.25, -0.2) is 0 Å². The highest BCUT2D eigenvalue weighted by Crippen LogP contribution is 2.17. The topological polar surface area (TPSA) is 101 Å². The largest absolute Gasteiger partial charge is 0.497 e. The predicted octanol–water partition coefficient (Wildman–Crippen LogP) is 1.97. The number of ether oxygens (including phenoxy) is 1. The number of hydrogen-bond acceptors (Lipinski definition) is 5. The normalized spacial score (nSPS) is 11.6. The lowest BCUT2D eigenvalue weighted by Gasteiger charge is -2.16.